The summed E-state index contributed by atoms with van der Waals surface area (Å²) in [4.78, 5) is 8.85. The molecule has 4 rings (SSSR count). The molecule has 8 heteroatoms. The van der Waals surface area contributed by atoms with E-state index in [1.54, 1.807) is 18.4 Å². The van der Waals surface area contributed by atoms with Crippen molar-refractivity contribution in [1.82, 2.24) is 9.97 Å². The number of azo groups is 1. The maximum absolute atomic E-state index is 5.89. The van der Waals surface area contributed by atoms with E-state index in [1.807, 2.05) is 49.4 Å². The van der Waals surface area contributed by atoms with E-state index in [0.29, 0.717) is 15.8 Å². The van der Waals surface area contributed by atoms with Gasteiger partial charge in [-0.15, -0.1) is 21.6 Å². The van der Waals surface area contributed by atoms with E-state index in [2.05, 4.69) is 20.2 Å². The second-order valence-electron chi connectivity index (χ2n) is 5.52. The van der Waals surface area contributed by atoms with Crippen LogP contribution >= 0.6 is 22.7 Å². The number of methoxy groups -OCH3 is 1. The van der Waals surface area contributed by atoms with Crippen molar-refractivity contribution in [2.24, 2.45) is 10.2 Å². The molecule has 0 atom stereocenters. The molecule has 0 bridgehead atoms. The molecule has 0 spiro atoms. The zero-order valence-corrected chi connectivity index (χ0v) is 15.8. The molecule has 0 fully saturated rings. The number of aryl methyl sites for hydroxylation is 1. The van der Waals surface area contributed by atoms with Crippen molar-refractivity contribution in [3.8, 4) is 17.0 Å². The van der Waals surface area contributed by atoms with Crippen molar-refractivity contribution >= 4 is 48.7 Å². The fourth-order valence-corrected chi connectivity index (χ4v) is 4.06. The molecule has 6 nitrogen and oxygen atoms in total. The number of anilines is 1. The zero-order chi connectivity index (χ0) is 18.1. The highest BCUT2D eigenvalue weighted by molar-refractivity contribution is 7.19. The van der Waals surface area contributed by atoms with Crippen LogP contribution in [0.3, 0.4) is 0 Å². The van der Waals surface area contributed by atoms with E-state index < -0.39 is 0 Å². The van der Waals surface area contributed by atoms with Gasteiger partial charge >= 0.3 is 0 Å². The lowest BCUT2D eigenvalue weighted by Crippen LogP contribution is -1.84. The standard InChI is InChI=1S/C18H15N5OS2/c1-10-20-14-8-5-12(9-15(14)25-10)22-23-17-16(21-18(19)26-17)11-3-6-13(24-2)7-4-11/h3-9H,1-2H3,(H2,19,21). The molecule has 4 aromatic rings. The number of ether oxygens (including phenoxy) is 1. The second kappa shape index (κ2) is 6.81. The normalized spacial score (nSPS) is 11.5. The van der Waals surface area contributed by atoms with Crippen molar-refractivity contribution in [3.05, 3.63) is 47.5 Å². The van der Waals surface area contributed by atoms with Crippen LogP contribution < -0.4 is 10.5 Å². The topological polar surface area (TPSA) is 85.8 Å². The second-order valence-corrected chi connectivity index (χ2v) is 7.76. The van der Waals surface area contributed by atoms with Gasteiger partial charge in [-0.3, -0.25) is 0 Å². The first kappa shape index (κ1) is 16.6. The Labute approximate surface area is 158 Å². The van der Waals surface area contributed by atoms with E-state index in [-0.39, 0.29) is 0 Å². The zero-order valence-electron chi connectivity index (χ0n) is 14.1. The Hall–Kier alpha value is -2.84. The van der Waals surface area contributed by atoms with Gasteiger partial charge in [-0.25, -0.2) is 9.97 Å². The van der Waals surface area contributed by atoms with Gasteiger partial charge in [0.1, 0.15) is 11.4 Å². The molecular formula is C18H15N5OS2. The van der Waals surface area contributed by atoms with Gasteiger partial charge in [0.2, 0.25) is 0 Å². The summed E-state index contributed by atoms with van der Waals surface area (Å²) in [5.74, 6) is 0.785. The van der Waals surface area contributed by atoms with Crippen LogP contribution in [0.15, 0.2) is 52.7 Å². The van der Waals surface area contributed by atoms with Crippen LogP contribution in [0, 0.1) is 6.92 Å². The fourth-order valence-electron chi connectivity index (χ4n) is 2.53. The molecule has 0 aliphatic rings. The molecule has 0 radical (unpaired) electrons. The molecule has 0 unspecified atom stereocenters. The first-order chi connectivity index (χ1) is 12.6. The van der Waals surface area contributed by atoms with Crippen LogP contribution in [0.5, 0.6) is 5.75 Å². The number of nitrogen functional groups attached to an aromatic ring is 1. The van der Waals surface area contributed by atoms with Crippen LogP contribution in [-0.4, -0.2) is 17.1 Å². The van der Waals surface area contributed by atoms with E-state index in [4.69, 9.17) is 10.5 Å². The van der Waals surface area contributed by atoms with E-state index in [1.165, 1.54) is 11.3 Å². The largest absolute Gasteiger partial charge is 0.497 e. The SMILES string of the molecule is COc1ccc(-c2nc(N)sc2N=Nc2ccc3nc(C)sc3c2)cc1. The van der Waals surface area contributed by atoms with E-state index in [9.17, 15) is 0 Å². The number of hydrogen-bond acceptors (Lipinski definition) is 8. The van der Waals surface area contributed by atoms with Gasteiger partial charge in [0.15, 0.2) is 10.1 Å². The number of aromatic nitrogens is 2. The number of nitrogens with two attached hydrogens (primary N) is 1. The maximum Gasteiger partial charge on any atom is 0.182 e. The first-order valence-electron chi connectivity index (χ1n) is 7.82. The summed E-state index contributed by atoms with van der Waals surface area (Å²) >= 11 is 2.95. The summed E-state index contributed by atoms with van der Waals surface area (Å²) in [7, 11) is 1.64. The predicted molar refractivity (Wildman–Crippen MR) is 107 cm³/mol. The highest BCUT2D eigenvalue weighted by Gasteiger charge is 2.12. The summed E-state index contributed by atoms with van der Waals surface area (Å²) in [5, 5.41) is 10.9. The molecule has 0 saturated heterocycles. The molecular weight excluding hydrogens is 366 g/mol. The predicted octanol–water partition coefficient (Wildman–Crippen LogP) is 5.73. The highest BCUT2D eigenvalue weighted by Crippen LogP contribution is 2.38. The molecule has 2 N–H and O–H groups in total. The number of fused-ring (bicyclic) bond motifs is 1. The minimum Gasteiger partial charge on any atom is -0.497 e. The molecule has 26 heavy (non-hydrogen) atoms. The lowest BCUT2D eigenvalue weighted by molar-refractivity contribution is 0.415. The average Bonchev–Trinajstić information content (AvgIpc) is 3.20. The van der Waals surface area contributed by atoms with Gasteiger partial charge in [0.05, 0.1) is 28.0 Å². The molecule has 0 aliphatic heterocycles. The van der Waals surface area contributed by atoms with Crippen LogP contribution in [-0.2, 0) is 0 Å². The molecule has 2 heterocycles. The minimum absolute atomic E-state index is 0.457. The first-order valence-corrected chi connectivity index (χ1v) is 9.45. The highest BCUT2D eigenvalue weighted by atomic mass is 32.1. The third-order valence-electron chi connectivity index (χ3n) is 3.72. The smallest absolute Gasteiger partial charge is 0.182 e. The number of rotatable bonds is 4. The van der Waals surface area contributed by atoms with Gasteiger partial charge < -0.3 is 10.5 Å². The number of nitrogens with zero attached hydrogens (tertiary/aromatic N) is 4. The summed E-state index contributed by atoms with van der Waals surface area (Å²) in [6.45, 7) is 1.99. The summed E-state index contributed by atoms with van der Waals surface area (Å²) in [6.07, 6.45) is 0. The average molecular weight is 381 g/mol. The monoisotopic (exact) mass is 381 g/mol. The summed E-state index contributed by atoms with van der Waals surface area (Å²) in [5.41, 5.74) is 9.28. The quantitative estimate of drug-likeness (QED) is 0.457. The van der Waals surface area contributed by atoms with Crippen LogP contribution in [0.1, 0.15) is 5.01 Å². The third kappa shape index (κ3) is 3.29. The van der Waals surface area contributed by atoms with Crippen LogP contribution in [0.25, 0.3) is 21.5 Å². The van der Waals surface area contributed by atoms with Gasteiger partial charge in [-0.2, -0.15) is 0 Å². The lowest BCUT2D eigenvalue weighted by Gasteiger charge is -2.01. The number of hydrogen-bond donors (Lipinski definition) is 1. The molecule has 2 aromatic carbocycles. The van der Waals surface area contributed by atoms with Gasteiger partial charge in [0.25, 0.3) is 0 Å². The third-order valence-corrected chi connectivity index (χ3v) is 5.43. The maximum atomic E-state index is 5.89. The van der Waals surface area contributed by atoms with Crippen molar-refractivity contribution in [3.63, 3.8) is 0 Å². The Morgan fingerprint density at radius 1 is 1.00 bits per heavy atom. The Morgan fingerprint density at radius 3 is 2.58 bits per heavy atom. The molecule has 0 saturated carbocycles. The molecule has 2 aromatic heterocycles. The van der Waals surface area contributed by atoms with Crippen molar-refractivity contribution in [2.75, 3.05) is 12.8 Å². The molecule has 0 amide bonds. The minimum atomic E-state index is 0.457. The Bertz CT molecular complexity index is 1100. The van der Waals surface area contributed by atoms with E-state index in [0.717, 1.165) is 32.2 Å². The van der Waals surface area contributed by atoms with Crippen molar-refractivity contribution in [1.29, 1.82) is 0 Å². The Balaban J connectivity index is 1.67. The number of thiazole rings is 2. The van der Waals surface area contributed by atoms with Crippen LogP contribution in [0.2, 0.25) is 0 Å². The Kier molecular flexibility index (Phi) is 4.36. The van der Waals surface area contributed by atoms with Crippen molar-refractivity contribution in [2.45, 2.75) is 6.92 Å². The Morgan fingerprint density at radius 2 is 1.81 bits per heavy atom. The van der Waals surface area contributed by atoms with Crippen molar-refractivity contribution < 1.29 is 4.74 Å². The summed E-state index contributed by atoms with van der Waals surface area (Å²) < 4.78 is 6.29. The fraction of sp³-hybridized carbons (Fsp3) is 0.111. The van der Waals surface area contributed by atoms with Gasteiger partial charge in [-0.05, 0) is 49.4 Å². The van der Waals surface area contributed by atoms with E-state index >= 15 is 0 Å². The lowest BCUT2D eigenvalue weighted by atomic mass is 10.1. The summed E-state index contributed by atoms with van der Waals surface area (Å²) in [6, 6.07) is 13.5. The number of benzene rings is 2. The van der Waals surface area contributed by atoms with Crippen LogP contribution in [0.4, 0.5) is 15.8 Å². The van der Waals surface area contributed by atoms with Gasteiger partial charge in [0, 0.05) is 5.56 Å². The molecule has 130 valence electrons. The van der Waals surface area contributed by atoms with Gasteiger partial charge in [-0.1, -0.05) is 11.3 Å². The molecule has 0 aliphatic carbocycles.